The van der Waals surface area contributed by atoms with E-state index in [-0.39, 0.29) is 0 Å². The topological polar surface area (TPSA) is 15.3 Å². The van der Waals surface area contributed by atoms with Crippen LogP contribution in [-0.2, 0) is 6.42 Å². The average molecular weight is 286 g/mol. The van der Waals surface area contributed by atoms with Crippen LogP contribution in [-0.4, -0.2) is 36.6 Å². The summed E-state index contributed by atoms with van der Waals surface area (Å²) in [6.07, 6.45) is 8.08. The fraction of sp³-hybridized carbons (Fsp3) is 0.684. The smallest absolute Gasteiger partial charge is 0.00915 e. The van der Waals surface area contributed by atoms with Crippen LogP contribution in [0.3, 0.4) is 0 Å². The van der Waals surface area contributed by atoms with E-state index in [9.17, 15) is 0 Å². The predicted octanol–water partition coefficient (Wildman–Crippen LogP) is 3.47. The van der Waals surface area contributed by atoms with Gasteiger partial charge in [-0.25, -0.2) is 0 Å². The van der Waals surface area contributed by atoms with Crippen molar-refractivity contribution in [2.24, 2.45) is 5.92 Å². The summed E-state index contributed by atoms with van der Waals surface area (Å²) in [6.45, 7) is 6.23. The maximum Gasteiger partial charge on any atom is 0.00915 e. The third kappa shape index (κ3) is 4.82. The van der Waals surface area contributed by atoms with Gasteiger partial charge in [0.1, 0.15) is 0 Å². The molecule has 21 heavy (non-hydrogen) atoms. The number of piperidine rings is 1. The van der Waals surface area contributed by atoms with Crippen LogP contribution in [0, 0.1) is 5.92 Å². The third-order valence-electron chi connectivity index (χ3n) is 5.24. The summed E-state index contributed by atoms with van der Waals surface area (Å²) in [5.41, 5.74) is 1.48. The lowest BCUT2D eigenvalue weighted by molar-refractivity contribution is 0.146. The Morgan fingerprint density at radius 3 is 2.48 bits per heavy atom. The van der Waals surface area contributed by atoms with Crippen molar-refractivity contribution >= 4 is 0 Å². The normalized spacial score (nSPS) is 22.3. The van der Waals surface area contributed by atoms with Gasteiger partial charge in [-0.2, -0.15) is 0 Å². The summed E-state index contributed by atoms with van der Waals surface area (Å²) in [6, 6.07) is 12.4. The molecule has 1 heterocycles. The summed E-state index contributed by atoms with van der Waals surface area (Å²) in [5, 5.41) is 3.77. The second-order valence-electron chi connectivity index (χ2n) is 7.04. The number of aryl methyl sites for hydroxylation is 1. The summed E-state index contributed by atoms with van der Waals surface area (Å²) in [7, 11) is 0. The van der Waals surface area contributed by atoms with E-state index in [4.69, 9.17) is 0 Å². The molecule has 1 aliphatic carbocycles. The van der Waals surface area contributed by atoms with Crippen LogP contribution in [0.1, 0.15) is 44.6 Å². The zero-order chi connectivity index (χ0) is 14.5. The molecule has 1 atom stereocenters. The highest BCUT2D eigenvalue weighted by Crippen LogP contribution is 2.28. The van der Waals surface area contributed by atoms with Gasteiger partial charge in [0.15, 0.2) is 0 Å². The largest absolute Gasteiger partial charge is 0.314 e. The quantitative estimate of drug-likeness (QED) is 0.825. The molecule has 1 saturated heterocycles. The highest BCUT2D eigenvalue weighted by Gasteiger charge is 2.25. The number of hydrogen-bond acceptors (Lipinski definition) is 2. The minimum Gasteiger partial charge on any atom is -0.314 e. The van der Waals surface area contributed by atoms with Gasteiger partial charge in [-0.15, -0.1) is 0 Å². The van der Waals surface area contributed by atoms with Crippen LogP contribution < -0.4 is 5.32 Å². The Kier molecular flexibility index (Phi) is 5.32. The van der Waals surface area contributed by atoms with Gasteiger partial charge in [-0.05, 0) is 76.6 Å². The van der Waals surface area contributed by atoms with E-state index in [2.05, 4.69) is 47.5 Å². The molecular weight excluding hydrogens is 256 g/mol. The molecule has 116 valence electrons. The second kappa shape index (κ2) is 7.42. The molecule has 2 nitrogen and oxygen atoms in total. The molecule has 2 heteroatoms. The van der Waals surface area contributed by atoms with Crippen LogP contribution in [0.4, 0.5) is 0 Å². The van der Waals surface area contributed by atoms with E-state index in [1.165, 1.54) is 63.7 Å². The number of likely N-dealkylation sites (tertiary alicyclic amines) is 1. The highest BCUT2D eigenvalue weighted by molar-refractivity contribution is 5.14. The van der Waals surface area contributed by atoms with E-state index >= 15 is 0 Å². The SMILES string of the molecule is CC(CCc1ccccc1)N1CCC(NCC2CC2)CC1. The Labute approximate surface area is 129 Å². The third-order valence-corrected chi connectivity index (χ3v) is 5.24. The molecule has 1 aromatic rings. The van der Waals surface area contributed by atoms with E-state index in [1.54, 1.807) is 0 Å². The summed E-state index contributed by atoms with van der Waals surface area (Å²) < 4.78 is 0. The Bertz CT molecular complexity index is 405. The van der Waals surface area contributed by atoms with Gasteiger partial charge in [-0.1, -0.05) is 30.3 Å². The lowest BCUT2D eigenvalue weighted by Crippen LogP contribution is -2.46. The van der Waals surface area contributed by atoms with E-state index < -0.39 is 0 Å². The Morgan fingerprint density at radius 2 is 1.81 bits per heavy atom. The maximum atomic E-state index is 3.77. The van der Waals surface area contributed by atoms with E-state index in [0.29, 0.717) is 0 Å². The van der Waals surface area contributed by atoms with Crippen molar-refractivity contribution in [3.8, 4) is 0 Å². The van der Waals surface area contributed by atoms with Crippen molar-refractivity contribution in [3.05, 3.63) is 35.9 Å². The van der Waals surface area contributed by atoms with E-state index in [1.807, 2.05) is 0 Å². The molecule has 0 bridgehead atoms. The number of hydrogen-bond donors (Lipinski definition) is 1. The van der Waals surface area contributed by atoms with Gasteiger partial charge in [0, 0.05) is 12.1 Å². The Hall–Kier alpha value is -0.860. The first-order chi connectivity index (χ1) is 10.3. The van der Waals surface area contributed by atoms with Crippen molar-refractivity contribution < 1.29 is 0 Å². The van der Waals surface area contributed by atoms with Crippen molar-refractivity contribution in [1.29, 1.82) is 0 Å². The van der Waals surface area contributed by atoms with Crippen LogP contribution in [0.15, 0.2) is 30.3 Å². The molecule has 1 aromatic carbocycles. The summed E-state index contributed by atoms with van der Waals surface area (Å²) in [5.74, 6) is 1.01. The molecule has 2 aliphatic rings. The first-order valence-corrected chi connectivity index (χ1v) is 8.82. The first kappa shape index (κ1) is 15.1. The van der Waals surface area contributed by atoms with Crippen molar-refractivity contribution in [3.63, 3.8) is 0 Å². The Balaban J connectivity index is 1.35. The molecule has 0 spiro atoms. The fourth-order valence-corrected chi connectivity index (χ4v) is 3.40. The van der Waals surface area contributed by atoms with Crippen molar-refractivity contribution in [2.75, 3.05) is 19.6 Å². The zero-order valence-corrected chi connectivity index (χ0v) is 13.4. The number of nitrogens with zero attached hydrogens (tertiary/aromatic N) is 1. The molecule has 1 unspecified atom stereocenters. The highest BCUT2D eigenvalue weighted by atomic mass is 15.2. The molecule has 1 N–H and O–H groups in total. The maximum absolute atomic E-state index is 3.77. The molecule has 0 aromatic heterocycles. The molecule has 2 fully saturated rings. The first-order valence-electron chi connectivity index (χ1n) is 8.82. The van der Waals surface area contributed by atoms with Gasteiger partial charge in [0.05, 0.1) is 0 Å². The van der Waals surface area contributed by atoms with Gasteiger partial charge >= 0.3 is 0 Å². The van der Waals surface area contributed by atoms with E-state index in [0.717, 1.165) is 18.0 Å². The van der Waals surface area contributed by atoms with Crippen molar-refractivity contribution in [2.45, 2.75) is 57.5 Å². The number of benzene rings is 1. The fourth-order valence-electron chi connectivity index (χ4n) is 3.40. The molecular formula is C19H30N2. The predicted molar refractivity (Wildman–Crippen MR) is 89.5 cm³/mol. The van der Waals surface area contributed by atoms with Gasteiger partial charge in [0.25, 0.3) is 0 Å². The van der Waals surface area contributed by atoms with Crippen LogP contribution in [0.5, 0.6) is 0 Å². The standard InChI is InChI=1S/C19H30N2/c1-16(7-8-17-5-3-2-4-6-17)21-13-11-19(12-14-21)20-15-18-9-10-18/h2-6,16,18-20H,7-15H2,1H3. The van der Waals surface area contributed by atoms with Gasteiger partial charge < -0.3 is 10.2 Å². The lowest BCUT2D eigenvalue weighted by Gasteiger charge is -2.36. The average Bonchev–Trinajstić information content (AvgIpc) is 3.36. The second-order valence-corrected chi connectivity index (χ2v) is 7.04. The molecule has 1 saturated carbocycles. The molecule has 1 aliphatic heterocycles. The minimum atomic E-state index is 0.717. The zero-order valence-electron chi connectivity index (χ0n) is 13.4. The molecule has 3 rings (SSSR count). The molecule has 0 amide bonds. The summed E-state index contributed by atoms with van der Waals surface area (Å²) >= 11 is 0. The van der Waals surface area contributed by atoms with Crippen LogP contribution in [0.2, 0.25) is 0 Å². The lowest BCUT2D eigenvalue weighted by atomic mass is 10.00. The Morgan fingerprint density at radius 1 is 1.10 bits per heavy atom. The monoisotopic (exact) mass is 286 g/mol. The van der Waals surface area contributed by atoms with Crippen LogP contribution >= 0.6 is 0 Å². The summed E-state index contributed by atoms with van der Waals surface area (Å²) in [4.78, 5) is 2.69. The van der Waals surface area contributed by atoms with Gasteiger partial charge in [0.2, 0.25) is 0 Å². The van der Waals surface area contributed by atoms with Crippen molar-refractivity contribution in [1.82, 2.24) is 10.2 Å². The minimum absolute atomic E-state index is 0.717. The molecule has 0 radical (unpaired) electrons. The number of nitrogens with one attached hydrogen (secondary N) is 1. The van der Waals surface area contributed by atoms with Crippen LogP contribution in [0.25, 0.3) is 0 Å². The number of rotatable bonds is 7. The van der Waals surface area contributed by atoms with Gasteiger partial charge in [-0.3, -0.25) is 0 Å².